The summed E-state index contributed by atoms with van der Waals surface area (Å²) in [6, 6.07) is 4.25. The highest BCUT2D eigenvalue weighted by Crippen LogP contribution is 2.29. The maximum atomic E-state index is 12.4. The average Bonchev–Trinajstić information content (AvgIpc) is 2.94. The molecule has 0 aliphatic carbocycles. The van der Waals surface area contributed by atoms with E-state index in [1.807, 2.05) is 0 Å². The van der Waals surface area contributed by atoms with Crippen molar-refractivity contribution in [3.8, 4) is 5.75 Å². The largest absolute Gasteiger partial charge is 0.490 e. The zero-order valence-electron chi connectivity index (χ0n) is 11.8. The van der Waals surface area contributed by atoms with Crippen LogP contribution in [0.25, 0.3) is 0 Å². The molecule has 0 spiro atoms. The number of likely N-dealkylation sites (tertiary alicyclic amines) is 1. The third-order valence-electron chi connectivity index (χ3n) is 3.71. The maximum Gasteiger partial charge on any atom is 0.310 e. The van der Waals surface area contributed by atoms with Gasteiger partial charge in [-0.05, 0) is 24.8 Å². The number of hydrogen-bond acceptors (Lipinski definition) is 4. The summed E-state index contributed by atoms with van der Waals surface area (Å²) in [5, 5.41) is 11.8. The van der Waals surface area contributed by atoms with Crippen LogP contribution in [-0.4, -0.2) is 41.3 Å². The number of methoxy groups -OCH3 is 1. The number of ether oxygens (including phenoxy) is 1. The summed E-state index contributed by atoms with van der Waals surface area (Å²) in [4.78, 5) is 24.6. The highest BCUT2D eigenvalue weighted by Gasteiger charge is 2.27. The first-order valence-electron chi connectivity index (χ1n) is 6.74. The highest BCUT2D eigenvalue weighted by atomic mass is 79.9. The summed E-state index contributed by atoms with van der Waals surface area (Å²) < 4.78 is 5.00. The van der Waals surface area contributed by atoms with Gasteiger partial charge in [0.25, 0.3) is 5.91 Å². The second-order valence-electron chi connectivity index (χ2n) is 5.03. The lowest BCUT2D eigenvalue weighted by atomic mass is 10.1. The fourth-order valence-electron chi connectivity index (χ4n) is 2.55. The second kappa shape index (κ2) is 6.89. The zero-order valence-corrected chi connectivity index (χ0v) is 13.3. The summed E-state index contributed by atoms with van der Waals surface area (Å²) in [6.45, 7) is 1.47. The number of carbonyl (C=O) groups excluding carboxylic acids is 1. The van der Waals surface area contributed by atoms with Crippen molar-refractivity contribution < 1.29 is 14.5 Å². The number of nitrogens with zero attached hydrogens (tertiary/aromatic N) is 2. The summed E-state index contributed by atoms with van der Waals surface area (Å²) in [5.41, 5.74) is 0.296. The Balaban J connectivity index is 2.15. The Morgan fingerprint density at radius 1 is 1.57 bits per heavy atom. The van der Waals surface area contributed by atoms with E-state index >= 15 is 0 Å². The van der Waals surface area contributed by atoms with Crippen LogP contribution in [0.2, 0.25) is 0 Å². The van der Waals surface area contributed by atoms with Crippen molar-refractivity contribution in [1.82, 2.24) is 4.90 Å². The van der Waals surface area contributed by atoms with Crippen molar-refractivity contribution in [2.24, 2.45) is 5.92 Å². The lowest BCUT2D eigenvalue weighted by molar-refractivity contribution is -0.385. The van der Waals surface area contributed by atoms with E-state index in [2.05, 4.69) is 15.9 Å². The molecular formula is C14H17BrN2O4. The van der Waals surface area contributed by atoms with Crippen LogP contribution in [0.5, 0.6) is 5.75 Å². The predicted octanol–water partition coefficient (Wildman–Crippen LogP) is 2.85. The molecule has 7 heteroatoms. The molecule has 1 heterocycles. The molecule has 1 atom stereocenters. The monoisotopic (exact) mass is 356 g/mol. The molecule has 114 valence electrons. The van der Waals surface area contributed by atoms with E-state index < -0.39 is 4.92 Å². The fraction of sp³-hybridized carbons (Fsp3) is 0.500. The number of alkyl halides is 1. The van der Waals surface area contributed by atoms with Crippen LogP contribution in [0.1, 0.15) is 23.2 Å². The van der Waals surface area contributed by atoms with Crippen molar-refractivity contribution in [3.63, 3.8) is 0 Å². The molecule has 0 radical (unpaired) electrons. The third-order valence-corrected chi connectivity index (χ3v) is 4.17. The van der Waals surface area contributed by atoms with Gasteiger partial charge in [0.1, 0.15) is 0 Å². The topological polar surface area (TPSA) is 72.7 Å². The van der Waals surface area contributed by atoms with Gasteiger partial charge in [-0.2, -0.15) is 0 Å². The van der Waals surface area contributed by atoms with E-state index in [-0.39, 0.29) is 17.3 Å². The smallest absolute Gasteiger partial charge is 0.310 e. The standard InChI is InChI=1S/C14H17BrN2O4/c1-21-13-8-11(2-3-12(13)17(19)20)14(18)16-7-5-10(9-16)4-6-15/h2-3,8,10H,4-7,9H2,1H3. The van der Waals surface area contributed by atoms with E-state index in [1.54, 1.807) is 4.90 Å². The average molecular weight is 357 g/mol. The minimum atomic E-state index is -0.519. The molecule has 1 aliphatic rings. The van der Waals surface area contributed by atoms with E-state index in [4.69, 9.17) is 4.74 Å². The fourth-order valence-corrected chi connectivity index (χ4v) is 3.20. The molecule has 1 aromatic rings. The van der Waals surface area contributed by atoms with Crippen LogP contribution >= 0.6 is 15.9 Å². The van der Waals surface area contributed by atoms with Gasteiger partial charge in [-0.1, -0.05) is 15.9 Å². The van der Waals surface area contributed by atoms with Gasteiger partial charge in [-0.25, -0.2) is 0 Å². The van der Waals surface area contributed by atoms with E-state index in [1.165, 1.54) is 25.3 Å². The first-order valence-corrected chi connectivity index (χ1v) is 7.86. The number of halogens is 1. The summed E-state index contributed by atoms with van der Waals surface area (Å²) in [6.07, 6.45) is 2.05. The van der Waals surface area contributed by atoms with Crippen molar-refractivity contribution in [1.29, 1.82) is 0 Å². The van der Waals surface area contributed by atoms with Crippen molar-refractivity contribution in [2.75, 3.05) is 25.5 Å². The van der Waals surface area contributed by atoms with Crippen LogP contribution in [-0.2, 0) is 0 Å². The Morgan fingerprint density at radius 2 is 2.33 bits per heavy atom. The lowest BCUT2D eigenvalue weighted by Crippen LogP contribution is -2.28. The van der Waals surface area contributed by atoms with Crippen molar-refractivity contribution >= 4 is 27.5 Å². The van der Waals surface area contributed by atoms with Gasteiger partial charge in [0, 0.05) is 36.1 Å². The molecule has 1 unspecified atom stereocenters. The van der Waals surface area contributed by atoms with Gasteiger partial charge in [0.15, 0.2) is 5.75 Å². The Morgan fingerprint density at radius 3 is 2.95 bits per heavy atom. The first kappa shape index (κ1) is 15.8. The van der Waals surface area contributed by atoms with Gasteiger partial charge in [0.2, 0.25) is 0 Å². The number of amides is 1. The molecule has 0 saturated carbocycles. The summed E-state index contributed by atoms with van der Waals surface area (Å²) in [7, 11) is 1.36. The van der Waals surface area contributed by atoms with Crippen LogP contribution in [0.4, 0.5) is 5.69 Å². The quantitative estimate of drug-likeness (QED) is 0.462. The van der Waals surface area contributed by atoms with Crippen molar-refractivity contribution in [3.05, 3.63) is 33.9 Å². The minimum Gasteiger partial charge on any atom is -0.490 e. The van der Waals surface area contributed by atoms with Gasteiger partial charge in [0.05, 0.1) is 12.0 Å². The van der Waals surface area contributed by atoms with Crippen LogP contribution in [0.15, 0.2) is 18.2 Å². The second-order valence-corrected chi connectivity index (χ2v) is 5.82. The lowest BCUT2D eigenvalue weighted by Gasteiger charge is -2.16. The third kappa shape index (κ3) is 3.53. The summed E-state index contributed by atoms with van der Waals surface area (Å²) >= 11 is 3.42. The Labute approximate surface area is 131 Å². The number of rotatable bonds is 5. The number of nitro groups is 1. The number of benzene rings is 1. The molecule has 0 bridgehead atoms. The molecule has 1 aliphatic heterocycles. The molecule has 21 heavy (non-hydrogen) atoms. The molecule has 1 fully saturated rings. The molecule has 1 aromatic carbocycles. The SMILES string of the molecule is COc1cc(C(=O)N2CCC(CCBr)C2)ccc1[N+](=O)[O-]. The normalized spacial score (nSPS) is 17.8. The van der Waals surface area contributed by atoms with E-state index in [9.17, 15) is 14.9 Å². The number of nitro benzene ring substituents is 1. The highest BCUT2D eigenvalue weighted by molar-refractivity contribution is 9.09. The number of hydrogen-bond donors (Lipinski definition) is 0. The maximum absolute atomic E-state index is 12.4. The first-order chi connectivity index (χ1) is 10.1. The van der Waals surface area contributed by atoms with E-state index in [0.717, 1.165) is 31.3 Å². The van der Waals surface area contributed by atoms with Gasteiger partial charge in [-0.3, -0.25) is 14.9 Å². The summed E-state index contributed by atoms with van der Waals surface area (Å²) in [5.74, 6) is 0.538. The predicted molar refractivity (Wildman–Crippen MR) is 82.1 cm³/mol. The van der Waals surface area contributed by atoms with Gasteiger partial charge in [-0.15, -0.1) is 0 Å². The van der Waals surface area contributed by atoms with Crippen LogP contribution < -0.4 is 4.74 Å². The molecule has 0 aromatic heterocycles. The molecule has 2 rings (SSSR count). The van der Waals surface area contributed by atoms with Crippen LogP contribution in [0, 0.1) is 16.0 Å². The Hall–Kier alpha value is -1.63. The Kier molecular flexibility index (Phi) is 5.17. The molecule has 0 N–H and O–H groups in total. The molecular weight excluding hydrogens is 340 g/mol. The molecule has 1 saturated heterocycles. The van der Waals surface area contributed by atoms with Crippen molar-refractivity contribution in [2.45, 2.75) is 12.8 Å². The minimum absolute atomic E-state index is 0.0970. The number of carbonyl (C=O) groups is 1. The molecule has 6 nitrogen and oxygen atoms in total. The van der Waals surface area contributed by atoms with E-state index in [0.29, 0.717) is 11.5 Å². The van der Waals surface area contributed by atoms with Gasteiger partial charge >= 0.3 is 5.69 Å². The van der Waals surface area contributed by atoms with Crippen LogP contribution in [0.3, 0.4) is 0 Å². The van der Waals surface area contributed by atoms with Gasteiger partial charge < -0.3 is 9.64 Å². The Bertz CT molecular complexity index is 550. The zero-order chi connectivity index (χ0) is 15.4. The molecule has 1 amide bonds.